The van der Waals surface area contributed by atoms with Crippen LogP contribution in [0, 0.1) is 5.41 Å². The quantitative estimate of drug-likeness (QED) is 0.805. The predicted molar refractivity (Wildman–Crippen MR) is 77.3 cm³/mol. The third kappa shape index (κ3) is 1.98. The minimum absolute atomic E-state index is 0.0126. The molecule has 1 aromatic rings. The number of aromatic nitrogens is 2. The van der Waals surface area contributed by atoms with E-state index in [0.717, 1.165) is 17.8 Å². The average Bonchev–Trinajstić information content (AvgIpc) is 3.08. The van der Waals surface area contributed by atoms with Crippen molar-refractivity contribution in [3.05, 3.63) is 5.01 Å². The van der Waals surface area contributed by atoms with Gasteiger partial charge in [-0.25, -0.2) is 0 Å². The molecule has 19 heavy (non-hydrogen) atoms. The van der Waals surface area contributed by atoms with E-state index in [1.165, 1.54) is 11.3 Å². The lowest BCUT2D eigenvalue weighted by molar-refractivity contribution is -0.122. The fourth-order valence-electron chi connectivity index (χ4n) is 2.12. The summed E-state index contributed by atoms with van der Waals surface area (Å²) >= 11 is 13.6. The van der Waals surface area contributed by atoms with E-state index in [2.05, 4.69) is 17.1 Å². The van der Waals surface area contributed by atoms with Crippen molar-refractivity contribution in [3.8, 4) is 0 Å². The van der Waals surface area contributed by atoms with Gasteiger partial charge in [0.05, 0.1) is 5.41 Å². The summed E-state index contributed by atoms with van der Waals surface area (Å²) in [6, 6.07) is 0. The SMILES string of the molecule is CN(C(=O)C1(C)CC1Cl)c1nnc(C2(C)CC2Cl)s1. The Morgan fingerprint density at radius 3 is 2.37 bits per heavy atom. The van der Waals surface area contributed by atoms with Crippen LogP contribution in [0.25, 0.3) is 0 Å². The first kappa shape index (κ1) is 13.6. The van der Waals surface area contributed by atoms with Gasteiger partial charge in [0.2, 0.25) is 11.0 Å². The molecule has 1 amide bonds. The van der Waals surface area contributed by atoms with Crippen LogP contribution in [-0.2, 0) is 10.2 Å². The van der Waals surface area contributed by atoms with Crippen LogP contribution in [-0.4, -0.2) is 33.9 Å². The summed E-state index contributed by atoms with van der Waals surface area (Å²) in [5.74, 6) is 0.0126. The largest absolute Gasteiger partial charge is 0.289 e. The molecule has 2 aliphatic carbocycles. The Kier molecular flexibility index (Phi) is 2.90. The molecule has 0 saturated heterocycles. The molecule has 0 spiro atoms. The summed E-state index contributed by atoms with van der Waals surface area (Å²) in [5, 5.41) is 9.89. The summed E-state index contributed by atoms with van der Waals surface area (Å²) in [6.45, 7) is 3.97. The minimum Gasteiger partial charge on any atom is -0.289 e. The molecular formula is C12H15Cl2N3OS. The number of nitrogens with zero attached hydrogens (tertiary/aromatic N) is 3. The molecule has 4 nitrogen and oxygen atoms in total. The average molecular weight is 320 g/mol. The molecular weight excluding hydrogens is 305 g/mol. The maximum absolute atomic E-state index is 12.3. The van der Waals surface area contributed by atoms with E-state index < -0.39 is 5.41 Å². The van der Waals surface area contributed by atoms with Crippen LogP contribution in [0.3, 0.4) is 0 Å². The number of anilines is 1. The van der Waals surface area contributed by atoms with Gasteiger partial charge in [0.15, 0.2) is 0 Å². The van der Waals surface area contributed by atoms with Crippen molar-refractivity contribution < 1.29 is 4.79 Å². The standard InChI is InChI=1S/C12H15Cl2N3OS/c1-11(4-6(11)13)8-15-16-10(19-8)17(3)9(18)12(2)5-7(12)14/h6-7H,4-5H2,1-3H3. The van der Waals surface area contributed by atoms with Crippen molar-refractivity contribution in [2.45, 2.75) is 42.9 Å². The first-order chi connectivity index (χ1) is 8.79. The summed E-state index contributed by atoms with van der Waals surface area (Å²) in [4.78, 5) is 13.9. The predicted octanol–water partition coefficient (Wildman–Crippen LogP) is 2.79. The molecule has 0 aromatic carbocycles. The third-order valence-corrected chi connectivity index (χ3v) is 6.80. The van der Waals surface area contributed by atoms with Crippen LogP contribution in [0.1, 0.15) is 31.7 Å². The lowest BCUT2D eigenvalue weighted by Crippen LogP contribution is -2.33. The van der Waals surface area contributed by atoms with Crippen molar-refractivity contribution in [2.24, 2.45) is 5.41 Å². The molecule has 0 bridgehead atoms. The van der Waals surface area contributed by atoms with Crippen LogP contribution < -0.4 is 4.90 Å². The van der Waals surface area contributed by atoms with Crippen LogP contribution in [0.2, 0.25) is 0 Å². The molecule has 4 unspecified atom stereocenters. The highest BCUT2D eigenvalue weighted by atomic mass is 35.5. The van der Waals surface area contributed by atoms with Gasteiger partial charge in [0, 0.05) is 23.2 Å². The molecule has 1 aromatic heterocycles. The molecule has 2 fully saturated rings. The van der Waals surface area contributed by atoms with Gasteiger partial charge in [0.25, 0.3) is 0 Å². The smallest absolute Gasteiger partial charge is 0.236 e. The zero-order valence-electron chi connectivity index (χ0n) is 11.0. The Balaban J connectivity index is 1.78. The second-order valence-electron chi connectivity index (χ2n) is 5.93. The molecule has 0 N–H and O–H groups in total. The van der Waals surface area contributed by atoms with Crippen molar-refractivity contribution in [2.75, 3.05) is 11.9 Å². The molecule has 3 rings (SSSR count). The number of carbonyl (C=O) groups is 1. The number of rotatable bonds is 3. The number of halogens is 2. The lowest BCUT2D eigenvalue weighted by Gasteiger charge is -2.17. The fourth-order valence-corrected chi connectivity index (χ4v) is 4.04. The molecule has 1 heterocycles. The Labute approximate surface area is 126 Å². The molecule has 4 atom stereocenters. The highest BCUT2D eigenvalue weighted by Crippen LogP contribution is 2.54. The van der Waals surface area contributed by atoms with E-state index in [-0.39, 0.29) is 22.1 Å². The topological polar surface area (TPSA) is 46.1 Å². The molecule has 0 radical (unpaired) electrons. The Hall–Kier alpha value is -0.390. The normalized spacial score (nSPS) is 40.1. The van der Waals surface area contributed by atoms with Gasteiger partial charge in [-0.3, -0.25) is 9.69 Å². The van der Waals surface area contributed by atoms with E-state index in [4.69, 9.17) is 23.2 Å². The molecule has 7 heteroatoms. The number of hydrogen-bond acceptors (Lipinski definition) is 4. The van der Waals surface area contributed by atoms with Crippen LogP contribution in [0.15, 0.2) is 0 Å². The van der Waals surface area contributed by atoms with Crippen molar-refractivity contribution >= 4 is 45.6 Å². The van der Waals surface area contributed by atoms with Gasteiger partial charge in [-0.05, 0) is 19.8 Å². The van der Waals surface area contributed by atoms with Gasteiger partial charge in [-0.1, -0.05) is 18.3 Å². The maximum Gasteiger partial charge on any atom is 0.236 e. The Morgan fingerprint density at radius 1 is 1.32 bits per heavy atom. The van der Waals surface area contributed by atoms with Gasteiger partial charge >= 0.3 is 0 Å². The van der Waals surface area contributed by atoms with Gasteiger partial charge < -0.3 is 0 Å². The van der Waals surface area contributed by atoms with Crippen LogP contribution in [0.4, 0.5) is 5.13 Å². The lowest BCUT2D eigenvalue weighted by atomic mass is 10.1. The summed E-state index contributed by atoms with van der Waals surface area (Å²) < 4.78 is 0. The first-order valence-electron chi connectivity index (χ1n) is 6.19. The van der Waals surface area contributed by atoms with Gasteiger partial charge in [0.1, 0.15) is 5.01 Å². The molecule has 104 valence electrons. The summed E-state index contributed by atoms with van der Waals surface area (Å²) in [7, 11) is 1.73. The number of alkyl halides is 2. The second kappa shape index (κ2) is 4.06. The first-order valence-corrected chi connectivity index (χ1v) is 7.88. The zero-order chi connectivity index (χ0) is 14.0. The van der Waals surface area contributed by atoms with Gasteiger partial charge in [-0.2, -0.15) is 0 Å². The van der Waals surface area contributed by atoms with E-state index in [9.17, 15) is 4.79 Å². The van der Waals surface area contributed by atoms with E-state index in [1.807, 2.05) is 6.92 Å². The number of amides is 1. The van der Waals surface area contributed by atoms with E-state index >= 15 is 0 Å². The van der Waals surface area contributed by atoms with E-state index in [1.54, 1.807) is 11.9 Å². The molecule has 2 saturated carbocycles. The number of hydrogen-bond donors (Lipinski definition) is 0. The summed E-state index contributed by atoms with van der Waals surface area (Å²) in [6.07, 6.45) is 1.65. The minimum atomic E-state index is -0.444. The monoisotopic (exact) mass is 319 g/mol. The highest BCUT2D eigenvalue weighted by molar-refractivity contribution is 7.15. The van der Waals surface area contributed by atoms with Crippen LogP contribution in [0.5, 0.6) is 0 Å². The number of carbonyl (C=O) groups excluding carboxylic acids is 1. The van der Waals surface area contributed by atoms with Crippen molar-refractivity contribution in [3.63, 3.8) is 0 Å². The Bertz CT molecular complexity index is 551. The zero-order valence-corrected chi connectivity index (χ0v) is 13.3. The highest BCUT2D eigenvalue weighted by Gasteiger charge is 2.57. The third-order valence-electron chi connectivity index (χ3n) is 4.25. The second-order valence-corrected chi connectivity index (χ2v) is 7.94. The Morgan fingerprint density at radius 2 is 1.89 bits per heavy atom. The maximum atomic E-state index is 12.3. The molecule has 2 aliphatic rings. The van der Waals surface area contributed by atoms with Crippen molar-refractivity contribution in [1.82, 2.24) is 10.2 Å². The fraction of sp³-hybridized carbons (Fsp3) is 0.750. The summed E-state index contributed by atoms with van der Waals surface area (Å²) in [5.41, 5.74) is -0.513. The van der Waals surface area contributed by atoms with Crippen molar-refractivity contribution in [1.29, 1.82) is 0 Å². The van der Waals surface area contributed by atoms with E-state index in [0.29, 0.717) is 5.13 Å². The van der Waals surface area contributed by atoms with Crippen LogP contribution >= 0.6 is 34.5 Å². The molecule has 0 aliphatic heterocycles. The van der Waals surface area contributed by atoms with Gasteiger partial charge in [-0.15, -0.1) is 33.4 Å².